The van der Waals surface area contributed by atoms with E-state index in [9.17, 15) is 8.42 Å². The van der Waals surface area contributed by atoms with Crippen LogP contribution in [0, 0.1) is 0 Å². The van der Waals surface area contributed by atoms with E-state index in [-0.39, 0.29) is 0 Å². The van der Waals surface area contributed by atoms with E-state index in [2.05, 4.69) is 12.2 Å². The van der Waals surface area contributed by atoms with Gasteiger partial charge in [0, 0.05) is 18.4 Å². The lowest BCUT2D eigenvalue weighted by molar-refractivity contribution is 0.584. The van der Waals surface area contributed by atoms with Crippen molar-refractivity contribution < 1.29 is 8.42 Å². The highest BCUT2D eigenvalue weighted by Crippen LogP contribution is 2.20. The normalized spacial score (nSPS) is 11.7. The first-order valence-electron chi connectivity index (χ1n) is 7.25. The molecule has 0 aliphatic rings. The van der Waals surface area contributed by atoms with E-state index < -0.39 is 10.0 Å². The summed E-state index contributed by atoms with van der Waals surface area (Å²) >= 11 is 0. The highest BCUT2D eigenvalue weighted by molar-refractivity contribution is 7.90. The van der Waals surface area contributed by atoms with Crippen molar-refractivity contribution in [1.82, 2.24) is 9.29 Å². The molecule has 0 radical (unpaired) electrons. The van der Waals surface area contributed by atoms with Crippen molar-refractivity contribution >= 4 is 10.0 Å². The van der Waals surface area contributed by atoms with E-state index in [4.69, 9.17) is 0 Å². The standard InChI is InChI=1S/C16H22N2O2S/c1-3-4-8-15-11-14(12-17-2)13-18(15)21(19,20)16-9-6-5-7-10-16/h5-7,9-11,13,17H,3-4,8,12H2,1-2H3. The van der Waals surface area contributed by atoms with E-state index in [0.717, 1.165) is 30.5 Å². The largest absolute Gasteiger partial charge is 0.316 e. The van der Waals surface area contributed by atoms with Gasteiger partial charge in [0.15, 0.2) is 0 Å². The van der Waals surface area contributed by atoms with E-state index >= 15 is 0 Å². The molecular weight excluding hydrogens is 284 g/mol. The van der Waals surface area contributed by atoms with Gasteiger partial charge in [0.1, 0.15) is 0 Å². The fourth-order valence-corrected chi connectivity index (χ4v) is 3.77. The summed E-state index contributed by atoms with van der Waals surface area (Å²) in [4.78, 5) is 0.328. The second kappa shape index (κ2) is 6.91. The topological polar surface area (TPSA) is 51.1 Å². The zero-order valence-corrected chi connectivity index (χ0v) is 13.4. The molecule has 0 spiro atoms. The lowest BCUT2D eigenvalue weighted by Crippen LogP contribution is -2.15. The fourth-order valence-electron chi connectivity index (χ4n) is 2.32. The van der Waals surface area contributed by atoms with Crippen molar-refractivity contribution in [2.24, 2.45) is 0 Å². The number of nitrogens with one attached hydrogen (secondary N) is 1. The van der Waals surface area contributed by atoms with Crippen LogP contribution in [0.3, 0.4) is 0 Å². The molecule has 1 heterocycles. The third kappa shape index (κ3) is 3.54. The quantitative estimate of drug-likeness (QED) is 0.856. The summed E-state index contributed by atoms with van der Waals surface area (Å²) in [5.41, 5.74) is 1.84. The summed E-state index contributed by atoms with van der Waals surface area (Å²) in [6.07, 6.45) is 4.52. The zero-order chi connectivity index (χ0) is 15.3. The highest BCUT2D eigenvalue weighted by atomic mass is 32.2. The van der Waals surface area contributed by atoms with Crippen molar-refractivity contribution in [2.75, 3.05) is 7.05 Å². The zero-order valence-electron chi connectivity index (χ0n) is 12.5. The molecule has 0 bridgehead atoms. The maximum Gasteiger partial charge on any atom is 0.267 e. The molecule has 21 heavy (non-hydrogen) atoms. The van der Waals surface area contributed by atoms with Gasteiger partial charge in [-0.25, -0.2) is 12.4 Å². The number of aryl methyl sites for hydroxylation is 1. The summed E-state index contributed by atoms with van der Waals surface area (Å²) < 4.78 is 27.0. The number of rotatable bonds is 7. The average molecular weight is 306 g/mol. The van der Waals surface area contributed by atoms with Crippen LogP contribution in [0.5, 0.6) is 0 Å². The van der Waals surface area contributed by atoms with Crippen molar-refractivity contribution in [1.29, 1.82) is 0 Å². The monoisotopic (exact) mass is 306 g/mol. The Balaban J connectivity index is 2.45. The van der Waals surface area contributed by atoms with Gasteiger partial charge in [-0.3, -0.25) is 0 Å². The van der Waals surface area contributed by atoms with Crippen LogP contribution >= 0.6 is 0 Å². The Morgan fingerprint density at radius 3 is 2.52 bits per heavy atom. The van der Waals surface area contributed by atoms with Gasteiger partial charge < -0.3 is 5.32 Å². The molecule has 5 heteroatoms. The van der Waals surface area contributed by atoms with Crippen molar-refractivity contribution in [3.8, 4) is 0 Å². The molecule has 2 rings (SSSR count). The fraction of sp³-hybridized carbons (Fsp3) is 0.375. The predicted octanol–water partition coefficient (Wildman–Crippen LogP) is 2.79. The van der Waals surface area contributed by atoms with Gasteiger partial charge in [-0.2, -0.15) is 0 Å². The van der Waals surface area contributed by atoms with Crippen LogP contribution in [0.4, 0.5) is 0 Å². The minimum Gasteiger partial charge on any atom is -0.316 e. The number of hydrogen-bond acceptors (Lipinski definition) is 3. The minimum atomic E-state index is -3.51. The van der Waals surface area contributed by atoms with Crippen LogP contribution in [0.1, 0.15) is 31.0 Å². The summed E-state index contributed by atoms with van der Waals surface area (Å²) in [5.74, 6) is 0. The molecule has 4 nitrogen and oxygen atoms in total. The molecule has 0 aliphatic carbocycles. The number of aromatic nitrogens is 1. The molecule has 0 amide bonds. The SMILES string of the molecule is CCCCc1cc(CNC)cn1S(=O)(=O)c1ccccc1. The molecule has 0 saturated carbocycles. The Morgan fingerprint density at radius 1 is 1.19 bits per heavy atom. The van der Waals surface area contributed by atoms with Crippen molar-refractivity contribution in [2.45, 2.75) is 37.6 Å². The van der Waals surface area contributed by atoms with Crippen LogP contribution in [0.15, 0.2) is 47.5 Å². The first kappa shape index (κ1) is 15.8. The molecule has 0 unspecified atom stereocenters. The number of benzene rings is 1. The molecule has 1 N–H and O–H groups in total. The van der Waals surface area contributed by atoms with Gasteiger partial charge >= 0.3 is 0 Å². The molecule has 0 atom stereocenters. The van der Waals surface area contributed by atoms with Gasteiger partial charge in [-0.15, -0.1) is 0 Å². The first-order chi connectivity index (χ1) is 10.1. The van der Waals surface area contributed by atoms with Crippen LogP contribution in [-0.4, -0.2) is 19.4 Å². The van der Waals surface area contributed by atoms with Gasteiger partial charge in [-0.05, 0) is 43.7 Å². The molecular formula is C16H22N2O2S. The van der Waals surface area contributed by atoms with Crippen molar-refractivity contribution in [3.05, 3.63) is 53.9 Å². The van der Waals surface area contributed by atoms with E-state index in [1.165, 1.54) is 3.97 Å². The van der Waals surface area contributed by atoms with Crippen LogP contribution in [-0.2, 0) is 23.0 Å². The van der Waals surface area contributed by atoms with E-state index in [1.54, 1.807) is 30.5 Å². The number of nitrogens with zero attached hydrogens (tertiary/aromatic N) is 1. The van der Waals surface area contributed by atoms with Gasteiger partial charge in [0.05, 0.1) is 4.90 Å². The molecule has 0 fully saturated rings. The van der Waals surface area contributed by atoms with E-state index in [1.807, 2.05) is 19.2 Å². The maximum absolute atomic E-state index is 12.8. The molecule has 1 aromatic heterocycles. The Bertz CT molecular complexity index is 676. The number of hydrogen-bond donors (Lipinski definition) is 1. The van der Waals surface area contributed by atoms with Crippen molar-refractivity contribution in [3.63, 3.8) is 0 Å². The maximum atomic E-state index is 12.8. The van der Waals surface area contributed by atoms with Crippen LogP contribution in [0.2, 0.25) is 0 Å². The summed E-state index contributed by atoms with van der Waals surface area (Å²) in [7, 11) is -1.65. The lowest BCUT2D eigenvalue weighted by Gasteiger charge is -2.10. The third-order valence-electron chi connectivity index (χ3n) is 3.39. The smallest absolute Gasteiger partial charge is 0.267 e. The number of unbranched alkanes of at least 4 members (excludes halogenated alkanes) is 1. The second-order valence-corrected chi connectivity index (χ2v) is 6.90. The average Bonchev–Trinajstić information content (AvgIpc) is 2.90. The van der Waals surface area contributed by atoms with Crippen LogP contribution < -0.4 is 5.32 Å². The molecule has 0 saturated heterocycles. The Morgan fingerprint density at radius 2 is 1.90 bits per heavy atom. The van der Waals surface area contributed by atoms with Gasteiger partial charge in [0.25, 0.3) is 10.0 Å². The van der Waals surface area contributed by atoms with Gasteiger partial charge in [-0.1, -0.05) is 31.5 Å². The molecule has 114 valence electrons. The molecule has 1 aromatic carbocycles. The Hall–Kier alpha value is -1.59. The summed E-state index contributed by atoms with van der Waals surface area (Å²) in [6, 6.07) is 10.6. The van der Waals surface area contributed by atoms with E-state index in [0.29, 0.717) is 11.4 Å². The Kier molecular flexibility index (Phi) is 5.20. The second-order valence-electron chi connectivity index (χ2n) is 5.09. The molecule has 0 aliphatic heterocycles. The summed E-state index contributed by atoms with van der Waals surface area (Å²) in [5, 5.41) is 3.06. The third-order valence-corrected chi connectivity index (χ3v) is 5.11. The predicted molar refractivity (Wildman–Crippen MR) is 84.8 cm³/mol. The Labute approximate surface area is 126 Å². The van der Waals surface area contributed by atoms with Gasteiger partial charge in [0.2, 0.25) is 0 Å². The minimum absolute atomic E-state index is 0.328. The summed E-state index contributed by atoms with van der Waals surface area (Å²) in [6.45, 7) is 2.77. The van der Waals surface area contributed by atoms with Crippen LogP contribution in [0.25, 0.3) is 0 Å². The highest BCUT2D eigenvalue weighted by Gasteiger charge is 2.20. The lowest BCUT2D eigenvalue weighted by atomic mass is 10.2. The molecule has 2 aromatic rings. The first-order valence-corrected chi connectivity index (χ1v) is 8.69.